The van der Waals surface area contributed by atoms with Gasteiger partial charge in [0.2, 0.25) is 0 Å². The Kier molecular flexibility index (Phi) is 8.18. The fourth-order valence-electron chi connectivity index (χ4n) is 2.91. The number of ether oxygens (including phenoxy) is 3. The Hall–Kier alpha value is -4.13. The maximum atomic E-state index is 12.5. The van der Waals surface area contributed by atoms with Crippen LogP contribution >= 0.6 is 0 Å². The lowest BCUT2D eigenvalue weighted by molar-refractivity contribution is 0.0728. The SMILES string of the molecule is CCOc1ccc(C(=O)Oc2ccc(/C=N\NC(=O)c3ccc(C)cc3)cc2OCC)cc1. The molecule has 0 heterocycles. The third kappa shape index (κ3) is 6.67. The highest BCUT2D eigenvalue weighted by atomic mass is 16.6. The quantitative estimate of drug-likeness (QED) is 0.221. The molecular formula is C26H26N2O5. The standard InChI is InChI=1S/C26H26N2O5/c1-4-31-22-13-11-21(12-14-22)26(30)33-23-15-8-19(16-24(23)32-5-2)17-27-28-25(29)20-9-6-18(3)7-10-20/h6-17H,4-5H2,1-3H3,(H,28,29)/b27-17-. The largest absolute Gasteiger partial charge is 0.494 e. The molecule has 33 heavy (non-hydrogen) atoms. The van der Waals surface area contributed by atoms with E-state index in [1.165, 1.54) is 6.21 Å². The zero-order chi connectivity index (χ0) is 23.6. The summed E-state index contributed by atoms with van der Waals surface area (Å²) in [5.41, 5.74) is 5.15. The fraction of sp³-hybridized carbons (Fsp3) is 0.192. The lowest BCUT2D eigenvalue weighted by Crippen LogP contribution is -2.17. The molecule has 3 rings (SSSR count). The van der Waals surface area contributed by atoms with Crippen LogP contribution in [0, 0.1) is 6.92 Å². The first kappa shape index (κ1) is 23.5. The Bertz CT molecular complexity index is 1120. The summed E-state index contributed by atoms with van der Waals surface area (Å²) in [5, 5.41) is 4.00. The summed E-state index contributed by atoms with van der Waals surface area (Å²) in [5.74, 6) is 0.548. The van der Waals surface area contributed by atoms with Crippen LogP contribution in [0.4, 0.5) is 0 Å². The molecule has 0 saturated heterocycles. The second-order valence-electron chi connectivity index (χ2n) is 7.05. The number of hydrogen-bond acceptors (Lipinski definition) is 6. The molecule has 3 aromatic carbocycles. The highest BCUT2D eigenvalue weighted by Gasteiger charge is 2.13. The van der Waals surface area contributed by atoms with Crippen LogP contribution < -0.4 is 19.6 Å². The number of amides is 1. The molecule has 0 atom stereocenters. The number of aryl methyl sites for hydroxylation is 1. The van der Waals surface area contributed by atoms with Gasteiger partial charge in [-0.3, -0.25) is 4.79 Å². The molecule has 0 saturated carbocycles. The summed E-state index contributed by atoms with van der Waals surface area (Å²) in [6, 6.07) is 18.9. The van der Waals surface area contributed by atoms with Gasteiger partial charge in [-0.15, -0.1) is 0 Å². The number of nitrogens with zero attached hydrogens (tertiary/aromatic N) is 1. The Balaban J connectivity index is 1.67. The van der Waals surface area contributed by atoms with Gasteiger partial charge >= 0.3 is 5.97 Å². The first-order valence-corrected chi connectivity index (χ1v) is 10.6. The van der Waals surface area contributed by atoms with Crippen molar-refractivity contribution < 1.29 is 23.8 Å². The molecule has 0 aromatic heterocycles. The van der Waals surface area contributed by atoms with Gasteiger partial charge in [-0.2, -0.15) is 5.10 Å². The Morgan fingerprint density at radius 2 is 1.52 bits per heavy atom. The summed E-state index contributed by atoms with van der Waals surface area (Å²) >= 11 is 0. The number of benzene rings is 3. The number of carbonyl (C=O) groups excluding carboxylic acids is 2. The number of esters is 1. The zero-order valence-corrected chi connectivity index (χ0v) is 18.8. The van der Waals surface area contributed by atoms with Gasteiger partial charge in [0.15, 0.2) is 11.5 Å². The second-order valence-corrected chi connectivity index (χ2v) is 7.05. The van der Waals surface area contributed by atoms with Crippen molar-refractivity contribution >= 4 is 18.1 Å². The van der Waals surface area contributed by atoms with Crippen LogP contribution in [0.25, 0.3) is 0 Å². The highest BCUT2D eigenvalue weighted by Crippen LogP contribution is 2.29. The van der Waals surface area contributed by atoms with E-state index in [4.69, 9.17) is 14.2 Å². The summed E-state index contributed by atoms with van der Waals surface area (Å²) < 4.78 is 16.5. The van der Waals surface area contributed by atoms with Crippen molar-refractivity contribution in [3.05, 3.63) is 89.0 Å². The van der Waals surface area contributed by atoms with E-state index in [1.807, 2.05) is 32.9 Å². The molecule has 7 nitrogen and oxygen atoms in total. The normalized spacial score (nSPS) is 10.6. The van der Waals surface area contributed by atoms with Gasteiger partial charge < -0.3 is 14.2 Å². The van der Waals surface area contributed by atoms with Crippen molar-refractivity contribution in [2.24, 2.45) is 5.10 Å². The van der Waals surface area contributed by atoms with E-state index in [1.54, 1.807) is 54.6 Å². The van der Waals surface area contributed by atoms with E-state index in [9.17, 15) is 9.59 Å². The summed E-state index contributed by atoms with van der Waals surface area (Å²) in [6.07, 6.45) is 1.49. The molecule has 0 unspecified atom stereocenters. The molecule has 0 aliphatic heterocycles. The van der Waals surface area contributed by atoms with Crippen molar-refractivity contribution in [1.82, 2.24) is 5.43 Å². The van der Waals surface area contributed by atoms with E-state index >= 15 is 0 Å². The third-order valence-corrected chi connectivity index (χ3v) is 4.56. The van der Waals surface area contributed by atoms with Crippen LogP contribution in [0.1, 0.15) is 45.7 Å². The Morgan fingerprint density at radius 1 is 0.848 bits per heavy atom. The fourth-order valence-corrected chi connectivity index (χ4v) is 2.91. The maximum Gasteiger partial charge on any atom is 0.343 e. The number of hydrogen-bond donors (Lipinski definition) is 1. The van der Waals surface area contributed by atoms with Gasteiger partial charge in [0.05, 0.1) is 25.0 Å². The van der Waals surface area contributed by atoms with Crippen LogP contribution in [0.15, 0.2) is 71.8 Å². The van der Waals surface area contributed by atoms with Crippen molar-refractivity contribution in [2.45, 2.75) is 20.8 Å². The van der Waals surface area contributed by atoms with Crippen LogP contribution in [-0.4, -0.2) is 31.3 Å². The van der Waals surface area contributed by atoms with Crippen molar-refractivity contribution in [3.63, 3.8) is 0 Å². The molecule has 1 amide bonds. The van der Waals surface area contributed by atoms with E-state index < -0.39 is 5.97 Å². The van der Waals surface area contributed by atoms with Crippen molar-refractivity contribution in [1.29, 1.82) is 0 Å². The minimum atomic E-state index is -0.509. The van der Waals surface area contributed by atoms with Gasteiger partial charge in [0.25, 0.3) is 5.91 Å². The number of rotatable bonds is 9. The number of carbonyl (C=O) groups is 2. The van der Waals surface area contributed by atoms with Gasteiger partial charge in [-0.1, -0.05) is 17.7 Å². The summed E-state index contributed by atoms with van der Waals surface area (Å²) in [7, 11) is 0. The summed E-state index contributed by atoms with van der Waals surface area (Å²) in [6.45, 7) is 6.62. The molecule has 0 spiro atoms. The molecule has 0 bridgehead atoms. The smallest absolute Gasteiger partial charge is 0.343 e. The topological polar surface area (TPSA) is 86.2 Å². The molecule has 0 radical (unpaired) electrons. The minimum absolute atomic E-state index is 0.288. The van der Waals surface area contributed by atoms with Crippen molar-refractivity contribution in [2.75, 3.05) is 13.2 Å². The first-order chi connectivity index (χ1) is 16.0. The molecule has 1 N–H and O–H groups in total. The summed E-state index contributed by atoms with van der Waals surface area (Å²) in [4.78, 5) is 24.7. The predicted molar refractivity (Wildman–Crippen MR) is 126 cm³/mol. The van der Waals surface area contributed by atoms with Crippen molar-refractivity contribution in [3.8, 4) is 17.2 Å². The monoisotopic (exact) mass is 446 g/mol. The lowest BCUT2D eigenvalue weighted by Gasteiger charge is -2.11. The highest BCUT2D eigenvalue weighted by molar-refractivity contribution is 5.95. The van der Waals surface area contributed by atoms with Crippen LogP contribution in [0.5, 0.6) is 17.2 Å². The average Bonchev–Trinajstić information content (AvgIpc) is 2.82. The maximum absolute atomic E-state index is 12.5. The second kappa shape index (κ2) is 11.5. The molecule has 0 aliphatic rings. The average molecular weight is 447 g/mol. The molecule has 0 fully saturated rings. The first-order valence-electron chi connectivity index (χ1n) is 10.6. The van der Waals surface area contributed by atoms with Gasteiger partial charge in [0, 0.05) is 5.56 Å². The van der Waals surface area contributed by atoms with Gasteiger partial charge in [0.1, 0.15) is 5.75 Å². The van der Waals surface area contributed by atoms with E-state index in [-0.39, 0.29) is 11.7 Å². The number of hydrazone groups is 1. The molecule has 170 valence electrons. The van der Waals surface area contributed by atoms with Crippen LogP contribution in [0.2, 0.25) is 0 Å². The van der Waals surface area contributed by atoms with E-state index in [0.29, 0.717) is 41.4 Å². The van der Waals surface area contributed by atoms with E-state index in [0.717, 1.165) is 5.56 Å². The lowest BCUT2D eigenvalue weighted by atomic mass is 10.1. The third-order valence-electron chi connectivity index (χ3n) is 4.56. The minimum Gasteiger partial charge on any atom is -0.494 e. The predicted octanol–water partition coefficient (Wildman–Crippen LogP) is 4.78. The molecular weight excluding hydrogens is 420 g/mol. The molecule has 7 heteroatoms. The van der Waals surface area contributed by atoms with Gasteiger partial charge in [-0.05, 0) is 80.9 Å². The Morgan fingerprint density at radius 3 is 2.18 bits per heavy atom. The zero-order valence-electron chi connectivity index (χ0n) is 18.8. The van der Waals surface area contributed by atoms with E-state index in [2.05, 4.69) is 10.5 Å². The van der Waals surface area contributed by atoms with Crippen LogP contribution in [0.3, 0.4) is 0 Å². The molecule has 0 aliphatic carbocycles. The number of nitrogens with one attached hydrogen (secondary N) is 1. The van der Waals surface area contributed by atoms with Gasteiger partial charge in [-0.25, -0.2) is 10.2 Å². The Labute approximate surface area is 193 Å². The molecule has 3 aromatic rings. The van der Waals surface area contributed by atoms with Crippen LogP contribution in [-0.2, 0) is 0 Å².